The van der Waals surface area contributed by atoms with Crippen molar-refractivity contribution in [2.75, 3.05) is 0 Å². The molecular weight excluding hydrogens is 314 g/mol. The Balaban J connectivity index is 1.97. The molecule has 25 heavy (non-hydrogen) atoms. The minimum atomic E-state index is -0.816. The van der Waals surface area contributed by atoms with Gasteiger partial charge < -0.3 is 0 Å². The van der Waals surface area contributed by atoms with Crippen LogP contribution in [0, 0.1) is 0 Å². The molecule has 0 amide bonds. The van der Waals surface area contributed by atoms with Crippen LogP contribution in [0.4, 0.5) is 8.78 Å². The Morgan fingerprint density at radius 3 is 1.92 bits per heavy atom. The average molecular weight is 336 g/mol. The monoisotopic (exact) mass is 336 g/mol. The van der Waals surface area contributed by atoms with Gasteiger partial charge in [0, 0.05) is 11.1 Å². The molecule has 3 aromatic rings. The van der Waals surface area contributed by atoms with Crippen LogP contribution in [-0.4, -0.2) is 0 Å². The number of benzene rings is 3. The third kappa shape index (κ3) is 3.79. The normalized spacial score (nSPS) is 12.3. The maximum Gasteiger partial charge on any atom is 0.166 e. The van der Waals surface area contributed by atoms with Gasteiger partial charge in [0.25, 0.3) is 0 Å². The van der Waals surface area contributed by atoms with E-state index in [1.165, 1.54) is 5.56 Å². The summed E-state index contributed by atoms with van der Waals surface area (Å²) in [5, 5.41) is 1.97. The molecule has 0 aromatic heterocycles. The fraction of sp³-hybridized carbons (Fsp3) is 0.217. The number of rotatable bonds is 5. The Labute approximate surface area is 147 Å². The summed E-state index contributed by atoms with van der Waals surface area (Å²) in [5.74, 6) is -1.63. The number of aryl methyl sites for hydroxylation is 2. The van der Waals surface area contributed by atoms with Crippen molar-refractivity contribution in [2.45, 2.75) is 33.1 Å². The van der Waals surface area contributed by atoms with Gasteiger partial charge in [-0.1, -0.05) is 74.9 Å². The van der Waals surface area contributed by atoms with Crippen LogP contribution in [0.2, 0.25) is 0 Å². The highest BCUT2D eigenvalue weighted by molar-refractivity contribution is 5.90. The quantitative estimate of drug-likeness (QED) is 0.435. The first-order chi connectivity index (χ1) is 12.1. The summed E-state index contributed by atoms with van der Waals surface area (Å²) in [6.07, 6.45) is 2.98. The van der Waals surface area contributed by atoms with Crippen molar-refractivity contribution in [1.29, 1.82) is 0 Å². The molecule has 3 aromatic carbocycles. The summed E-state index contributed by atoms with van der Waals surface area (Å²) in [4.78, 5) is 0. The molecule has 0 atom stereocenters. The molecular formula is C23H22F2. The Kier molecular flexibility index (Phi) is 5.28. The lowest BCUT2D eigenvalue weighted by atomic mass is 10.0. The Bertz CT molecular complexity index is 905. The molecule has 0 nitrogen and oxygen atoms in total. The third-order valence-electron chi connectivity index (χ3n) is 4.51. The highest BCUT2D eigenvalue weighted by Crippen LogP contribution is 2.31. The van der Waals surface area contributed by atoms with Gasteiger partial charge >= 0.3 is 0 Å². The van der Waals surface area contributed by atoms with Crippen LogP contribution in [0.25, 0.3) is 22.4 Å². The van der Waals surface area contributed by atoms with Gasteiger partial charge in [-0.15, -0.1) is 0 Å². The van der Waals surface area contributed by atoms with E-state index in [1.54, 1.807) is 24.3 Å². The number of hydrogen-bond acceptors (Lipinski definition) is 0. The van der Waals surface area contributed by atoms with E-state index in [4.69, 9.17) is 0 Å². The molecule has 0 bridgehead atoms. The lowest BCUT2D eigenvalue weighted by Gasteiger charge is -2.06. The summed E-state index contributed by atoms with van der Waals surface area (Å²) in [5.41, 5.74) is 2.91. The van der Waals surface area contributed by atoms with E-state index in [0.29, 0.717) is 0 Å². The van der Waals surface area contributed by atoms with E-state index in [9.17, 15) is 8.78 Å². The molecule has 0 unspecified atom stereocenters. The van der Waals surface area contributed by atoms with Gasteiger partial charge in [0.2, 0.25) is 0 Å². The van der Waals surface area contributed by atoms with Crippen molar-refractivity contribution in [1.82, 2.24) is 0 Å². The van der Waals surface area contributed by atoms with Crippen molar-refractivity contribution < 1.29 is 8.78 Å². The highest BCUT2D eigenvalue weighted by Gasteiger charge is 2.12. The fourth-order valence-electron chi connectivity index (χ4n) is 3.02. The van der Waals surface area contributed by atoms with Crippen LogP contribution >= 0.6 is 0 Å². The number of hydrogen-bond donors (Lipinski definition) is 0. The SMILES string of the molecule is CCCc1ccc2cc(C(F)=C(F)c3ccc(CC)cc3)ccc2c1. The minimum absolute atomic E-state index is 0.271. The van der Waals surface area contributed by atoms with E-state index in [1.807, 2.05) is 31.2 Å². The topological polar surface area (TPSA) is 0 Å². The summed E-state index contributed by atoms with van der Waals surface area (Å²) < 4.78 is 29.1. The lowest BCUT2D eigenvalue weighted by Crippen LogP contribution is -1.88. The lowest BCUT2D eigenvalue weighted by molar-refractivity contribution is 0.700. The molecule has 0 heterocycles. The van der Waals surface area contributed by atoms with Crippen LogP contribution in [0.1, 0.15) is 42.5 Å². The zero-order valence-electron chi connectivity index (χ0n) is 14.7. The van der Waals surface area contributed by atoms with E-state index in [-0.39, 0.29) is 11.1 Å². The Morgan fingerprint density at radius 1 is 0.680 bits per heavy atom. The van der Waals surface area contributed by atoms with Gasteiger partial charge in [-0.05, 0) is 40.8 Å². The molecule has 0 aliphatic heterocycles. The second-order valence-corrected chi connectivity index (χ2v) is 6.32. The zero-order valence-corrected chi connectivity index (χ0v) is 14.7. The molecule has 0 spiro atoms. The maximum absolute atomic E-state index is 14.6. The number of fused-ring (bicyclic) bond motifs is 1. The van der Waals surface area contributed by atoms with Crippen molar-refractivity contribution in [2.24, 2.45) is 0 Å². The fourth-order valence-corrected chi connectivity index (χ4v) is 3.02. The van der Waals surface area contributed by atoms with Crippen LogP contribution in [-0.2, 0) is 12.8 Å². The summed E-state index contributed by atoms with van der Waals surface area (Å²) in [6.45, 7) is 4.17. The van der Waals surface area contributed by atoms with Gasteiger partial charge in [-0.25, -0.2) is 8.78 Å². The smallest absolute Gasteiger partial charge is 0.166 e. The van der Waals surface area contributed by atoms with E-state index in [0.717, 1.165) is 35.6 Å². The number of halogens is 2. The molecule has 0 aliphatic carbocycles. The largest absolute Gasteiger partial charge is 0.203 e. The van der Waals surface area contributed by atoms with Gasteiger partial charge in [0.05, 0.1) is 0 Å². The van der Waals surface area contributed by atoms with Crippen LogP contribution < -0.4 is 0 Å². The predicted octanol–water partition coefficient (Wildman–Crippen LogP) is 7.12. The third-order valence-corrected chi connectivity index (χ3v) is 4.51. The molecule has 0 N–H and O–H groups in total. The summed E-state index contributed by atoms with van der Waals surface area (Å²) in [6, 6.07) is 18.3. The van der Waals surface area contributed by atoms with Gasteiger partial charge in [-0.3, -0.25) is 0 Å². The second kappa shape index (κ2) is 7.60. The van der Waals surface area contributed by atoms with E-state index in [2.05, 4.69) is 19.1 Å². The van der Waals surface area contributed by atoms with Crippen molar-refractivity contribution in [3.05, 3.63) is 82.9 Å². The van der Waals surface area contributed by atoms with Crippen molar-refractivity contribution >= 4 is 22.4 Å². The Hall–Kier alpha value is -2.48. The van der Waals surface area contributed by atoms with Gasteiger partial charge in [0.1, 0.15) is 0 Å². The zero-order chi connectivity index (χ0) is 17.8. The highest BCUT2D eigenvalue weighted by atomic mass is 19.2. The van der Waals surface area contributed by atoms with Crippen LogP contribution in [0.5, 0.6) is 0 Å². The first-order valence-electron chi connectivity index (χ1n) is 8.80. The molecule has 2 heteroatoms. The Morgan fingerprint density at radius 2 is 1.24 bits per heavy atom. The molecule has 0 saturated carbocycles. The molecule has 0 fully saturated rings. The molecule has 0 radical (unpaired) electrons. The summed E-state index contributed by atoms with van der Waals surface area (Å²) in [7, 11) is 0. The minimum Gasteiger partial charge on any atom is -0.203 e. The molecule has 0 aliphatic rings. The van der Waals surface area contributed by atoms with E-state index >= 15 is 0 Å². The first-order valence-corrected chi connectivity index (χ1v) is 8.80. The van der Waals surface area contributed by atoms with Gasteiger partial charge in [0.15, 0.2) is 11.7 Å². The van der Waals surface area contributed by atoms with Crippen molar-refractivity contribution in [3.63, 3.8) is 0 Å². The van der Waals surface area contributed by atoms with Gasteiger partial charge in [-0.2, -0.15) is 0 Å². The standard InChI is InChI=1S/C23H22F2/c1-3-5-17-8-11-20-15-21(13-12-19(20)14-17)23(25)22(24)18-9-6-16(4-2)7-10-18/h6-15H,3-5H2,1-2H3. The predicted molar refractivity (Wildman–Crippen MR) is 103 cm³/mol. The average Bonchev–Trinajstić information content (AvgIpc) is 2.66. The molecule has 0 saturated heterocycles. The van der Waals surface area contributed by atoms with Crippen LogP contribution in [0.3, 0.4) is 0 Å². The van der Waals surface area contributed by atoms with Crippen LogP contribution in [0.15, 0.2) is 60.7 Å². The summed E-state index contributed by atoms with van der Waals surface area (Å²) >= 11 is 0. The van der Waals surface area contributed by atoms with Crippen molar-refractivity contribution in [3.8, 4) is 0 Å². The first kappa shape index (κ1) is 17.3. The van der Waals surface area contributed by atoms with E-state index < -0.39 is 11.7 Å². The maximum atomic E-state index is 14.6. The molecule has 128 valence electrons. The second-order valence-electron chi connectivity index (χ2n) is 6.32. The molecule has 3 rings (SSSR count).